The number of hydrogen-bond donors (Lipinski definition) is 1. The number of pyridine rings is 1. The van der Waals surface area contributed by atoms with Gasteiger partial charge in [-0.05, 0) is 62.7 Å². The molecule has 154 valence electrons. The van der Waals surface area contributed by atoms with Crippen molar-refractivity contribution in [3.63, 3.8) is 0 Å². The third-order valence-corrected chi connectivity index (χ3v) is 6.31. The number of nitrogens with zero attached hydrogens (tertiary/aromatic N) is 1. The molecule has 0 amide bonds. The van der Waals surface area contributed by atoms with E-state index in [9.17, 15) is 14.3 Å². The Morgan fingerprint density at radius 1 is 1.34 bits per heavy atom. The van der Waals surface area contributed by atoms with Crippen LogP contribution in [-0.2, 0) is 9.53 Å². The molecule has 29 heavy (non-hydrogen) atoms. The number of fused-ring (bicyclic) bond motifs is 1. The predicted molar refractivity (Wildman–Crippen MR) is 118 cm³/mol. The molecule has 0 unspecified atom stereocenters. The van der Waals surface area contributed by atoms with Crippen LogP contribution < -0.4 is 0 Å². The van der Waals surface area contributed by atoms with Crippen molar-refractivity contribution in [1.29, 1.82) is 0 Å². The summed E-state index contributed by atoms with van der Waals surface area (Å²) in [7, 11) is 0. The average Bonchev–Trinajstić information content (AvgIpc) is 2.96. The Labute approximate surface area is 185 Å². The zero-order valence-corrected chi connectivity index (χ0v) is 19.7. The smallest absolute Gasteiger partial charge is 0.337 e. The van der Waals surface area contributed by atoms with Crippen molar-refractivity contribution >= 4 is 55.1 Å². The van der Waals surface area contributed by atoms with Gasteiger partial charge in [-0.2, -0.15) is 0 Å². The monoisotopic (exact) mass is 499 g/mol. The zero-order chi connectivity index (χ0) is 21.7. The molecule has 2 heterocycles. The summed E-state index contributed by atoms with van der Waals surface area (Å²) in [4.78, 5) is 17.8. The molecular weight excluding hydrogens is 481 g/mol. The first-order chi connectivity index (χ1) is 13.4. The van der Waals surface area contributed by atoms with Crippen LogP contribution in [0.2, 0.25) is 5.02 Å². The number of aryl methyl sites for hydroxylation is 2. The Morgan fingerprint density at radius 2 is 2.00 bits per heavy atom. The maximum absolute atomic E-state index is 14.6. The number of carbonyl (C=O) groups is 1. The van der Waals surface area contributed by atoms with Crippen LogP contribution in [0.4, 0.5) is 4.39 Å². The van der Waals surface area contributed by atoms with Crippen LogP contribution >= 0.6 is 38.9 Å². The van der Waals surface area contributed by atoms with Crippen molar-refractivity contribution in [1.82, 2.24) is 4.98 Å². The fraction of sp³-hybridized carbons (Fsp3) is 0.333. The number of rotatable bonds is 4. The van der Waals surface area contributed by atoms with E-state index in [-0.39, 0.29) is 9.50 Å². The van der Waals surface area contributed by atoms with Gasteiger partial charge in [0.15, 0.2) is 11.9 Å². The quantitative estimate of drug-likeness (QED) is 0.389. The lowest BCUT2D eigenvalue weighted by atomic mass is 9.94. The average molecular weight is 501 g/mol. The summed E-state index contributed by atoms with van der Waals surface area (Å²) >= 11 is 11.0. The van der Waals surface area contributed by atoms with E-state index in [1.54, 1.807) is 39.8 Å². The van der Waals surface area contributed by atoms with Gasteiger partial charge in [-0.3, -0.25) is 4.98 Å². The second kappa shape index (κ2) is 7.95. The van der Waals surface area contributed by atoms with Crippen LogP contribution in [0, 0.1) is 19.7 Å². The Balaban J connectivity index is 2.45. The molecule has 0 radical (unpaired) electrons. The summed E-state index contributed by atoms with van der Waals surface area (Å²) in [5, 5.41) is 9.88. The van der Waals surface area contributed by atoms with Crippen molar-refractivity contribution < 1.29 is 19.0 Å². The molecule has 1 N–H and O–H groups in total. The van der Waals surface area contributed by atoms with E-state index in [1.807, 2.05) is 13.0 Å². The maximum Gasteiger partial charge on any atom is 0.337 e. The third-order valence-electron chi connectivity index (χ3n) is 4.27. The summed E-state index contributed by atoms with van der Waals surface area (Å²) in [5.41, 5.74) is 1.82. The minimum Gasteiger partial charge on any atom is -0.479 e. The van der Waals surface area contributed by atoms with E-state index in [1.165, 1.54) is 11.3 Å². The molecule has 0 aliphatic heterocycles. The molecule has 0 aliphatic rings. The molecule has 3 aromatic rings. The molecule has 0 saturated carbocycles. The lowest BCUT2D eigenvalue weighted by molar-refractivity contribution is -0.160. The summed E-state index contributed by atoms with van der Waals surface area (Å²) in [6.45, 7) is 9.02. The largest absolute Gasteiger partial charge is 0.479 e. The molecular formula is C21H20BrClFNO3S. The van der Waals surface area contributed by atoms with E-state index in [0.29, 0.717) is 27.9 Å². The topological polar surface area (TPSA) is 59.4 Å². The lowest BCUT2D eigenvalue weighted by Crippen LogP contribution is -2.28. The first-order valence-electron chi connectivity index (χ1n) is 8.86. The van der Waals surface area contributed by atoms with Gasteiger partial charge < -0.3 is 9.84 Å². The van der Waals surface area contributed by atoms with Crippen LogP contribution in [0.5, 0.6) is 0 Å². The zero-order valence-electron chi connectivity index (χ0n) is 16.6. The number of benzene rings is 1. The van der Waals surface area contributed by atoms with Crippen LogP contribution in [-0.4, -0.2) is 21.7 Å². The Morgan fingerprint density at radius 3 is 2.59 bits per heavy atom. The molecule has 0 saturated heterocycles. The molecule has 1 aromatic carbocycles. The number of thiophene rings is 1. The molecule has 0 fully saturated rings. The molecule has 8 heteroatoms. The molecule has 0 spiro atoms. The molecule has 3 rings (SSSR count). The third kappa shape index (κ3) is 4.33. The van der Waals surface area contributed by atoms with E-state index < -0.39 is 23.5 Å². The Hall–Kier alpha value is -1.54. The highest BCUT2D eigenvalue weighted by atomic mass is 79.9. The van der Waals surface area contributed by atoms with Crippen LogP contribution in [0.15, 0.2) is 22.7 Å². The Kier molecular flexibility index (Phi) is 6.07. The summed E-state index contributed by atoms with van der Waals surface area (Å²) in [5.74, 6) is -1.75. The minimum atomic E-state index is -1.29. The summed E-state index contributed by atoms with van der Waals surface area (Å²) in [6, 6.07) is 5.16. The number of carboxylic acid groups (broad SMARTS) is 1. The van der Waals surface area contributed by atoms with E-state index in [4.69, 9.17) is 16.3 Å². The molecule has 0 bridgehead atoms. The molecule has 4 nitrogen and oxygen atoms in total. The molecule has 0 aliphatic carbocycles. The van der Waals surface area contributed by atoms with Gasteiger partial charge in [-0.15, -0.1) is 11.3 Å². The van der Waals surface area contributed by atoms with Crippen molar-refractivity contribution in [2.24, 2.45) is 0 Å². The van der Waals surface area contributed by atoms with Gasteiger partial charge in [0.25, 0.3) is 0 Å². The number of carboxylic acids is 1. The highest BCUT2D eigenvalue weighted by molar-refractivity contribution is 9.10. The number of aromatic nitrogens is 1. The van der Waals surface area contributed by atoms with Crippen molar-refractivity contribution in [2.75, 3.05) is 0 Å². The van der Waals surface area contributed by atoms with Gasteiger partial charge >= 0.3 is 5.97 Å². The second-order valence-electron chi connectivity index (χ2n) is 7.73. The summed E-state index contributed by atoms with van der Waals surface area (Å²) in [6.07, 6.45) is -1.29. The van der Waals surface area contributed by atoms with E-state index in [0.717, 1.165) is 9.58 Å². The Bertz CT molecular complexity index is 1120. The summed E-state index contributed by atoms with van der Waals surface area (Å²) < 4.78 is 21.5. The normalized spacial score (nSPS) is 13.1. The van der Waals surface area contributed by atoms with Gasteiger partial charge in [0.1, 0.15) is 0 Å². The SMILES string of the molecule is Cc1cc2nc(C)c([C@H](OC(C)(C)C)C(=O)O)c(-c3ccc(Br)c(F)c3Cl)c2s1. The van der Waals surface area contributed by atoms with Crippen molar-refractivity contribution in [2.45, 2.75) is 46.3 Å². The maximum atomic E-state index is 14.6. The fourth-order valence-electron chi connectivity index (χ4n) is 3.20. The molecule has 1 atom stereocenters. The number of hydrogen-bond acceptors (Lipinski definition) is 4. The number of ether oxygens (including phenoxy) is 1. The van der Waals surface area contributed by atoms with Gasteiger partial charge in [0, 0.05) is 27.3 Å². The highest BCUT2D eigenvalue weighted by Crippen LogP contribution is 2.45. The van der Waals surface area contributed by atoms with Crippen LogP contribution in [0.1, 0.15) is 43.0 Å². The number of aliphatic carboxylic acids is 1. The van der Waals surface area contributed by atoms with Crippen molar-refractivity contribution in [3.05, 3.63) is 49.6 Å². The predicted octanol–water partition coefficient (Wildman–Crippen LogP) is 7.08. The first-order valence-corrected chi connectivity index (χ1v) is 10.8. The lowest BCUT2D eigenvalue weighted by Gasteiger charge is -2.28. The standard InChI is InChI=1S/C21H20BrClFNO3S/c1-9-8-13-19(29-9)15(11-6-7-12(22)17(24)16(11)23)14(10(2)25-13)18(20(26)27)28-21(3,4)5/h6-8,18H,1-5H3,(H,26,27)/t18-/m0/s1. The van der Waals surface area contributed by atoms with Crippen molar-refractivity contribution in [3.8, 4) is 11.1 Å². The van der Waals surface area contributed by atoms with Gasteiger partial charge in [0.2, 0.25) is 0 Å². The van der Waals surface area contributed by atoms with E-state index >= 15 is 0 Å². The van der Waals surface area contributed by atoms with Gasteiger partial charge in [-0.25, -0.2) is 9.18 Å². The first kappa shape index (κ1) is 22.2. The number of halogens is 3. The van der Waals surface area contributed by atoms with Crippen LogP contribution in [0.25, 0.3) is 21.3 Å². The van der Waals surface area contributed by atoms with Gasteiger partial charge in [0.05, 0.1) is 25.3 Å². The van der Waals surface area contributed by atoms with E-state index in [2.05, 4.69) is 20.9 Å². The fourth-order valence-corrected chi connectivity index (χ4v) is 4.93. The van der Waals surface area contributed by atoms with Crippen LogP contribution in [0.3, 0.4) is 0 Å². The minimum absolute atomic E-state index is 0.0847. The second-order valence-corrected chi connectivity index (χ2v) is 10.2. The highest BCUT2D eigenvalue weighted by Gasteiger charge is 2.33. The molecule has 2 aromatic heterocycles. The van der Waals surface area contributed by atoms with Gasteiger partial charge in [-0.1, -0.05) is 17.7 Å².